The van der Waals surface area contributed by atoms with Gasteiger partial charge in [-0.05, 0) is 0 Å². The molecule has 4 nitrogen and oxygen atoms in total. The van der Waals surface area contributed by atoms with Crippen LogP contribution in [0.4, 0.5) is 0 Å². The first-order chi connectivity index (χ1) is 7.85. The van der Waals surface area contributed by atoms with Crippen molar-refractivity contribution in [1.29, 1.82) is 0 Å². The molecule has 0 atom stereocenters. The van der Waals surface area contributed by atoms with Crippen molar-refractivity contribution >= 4 is 6.29 Å². The number of methoxy groups -OCH3 is 1. The topological polar surface area (TPSA) is 52.1 Å². The van der Waals surface area contributed by atoms with Crippen LogP contribution in [0.5, 0.6) is 5.88 Å². The zero-order valence-corrected chi connectivity index (χ0v) is 8.75. The van der Waals surface area contributed by atoms with Gasteiger partial charge in [-0.2, -0.15) is 0 Å². The maximum Gasteiger partial charge on any atom is 0.240 e. The van der Waals surface area contributed by atoms with Gasteiger partial charge in [0.25, 0.3) is 0 Å². The Balaban J connectivity index is 2.45. The molecule has 0 aliphatic carbocycles. The molecule has 1 aromatic heterocycles. The molecule has 0 unspecified atom stereocenters. The monoisotopic (exact) mass is 214 g/mol. The van der Waals surface area contributed by atoms with Crippen molar-refractivity contribution in [3.63, 3.8) is 0 Å². The number of nitrogens with zero attached hydrogens (tertiary/aromatic N) is 2. The maximum atomic E-state index is 10.5. The third-order valence-corrected chi connectivity index (χ3v) is 2.18. The molecule has 0 fully saturated rings. The molecule has 0 amide bonds. The number of ether oxygens (including phenoxy) is 1. The van der Waals surface area contributed by atoms with Gasteiger partial charge in [0.05, 0.1) is 7.11 Å². The Labute approximate surface area is 92.9 Å². The van der Waals surface area contributed by atoms with Gasteiger partial charge in [0.1, 0.15) is 12.0 Å². The summed E-state index contributed by atoms with van der Waals surface area (Å²) in [7, 11) is 1.55. The second kappa shape index (κ2) is 4.53. The highest BCUT2D eigenvalue weighted by molar-refractivity contribution is 5.76. The molecule has 4 heteroatoms. The van der Waals surface area contributed by atoms with Crippen molar-refractivity contribution in [1.82, 2.24) is 9.97 Å². The van der Waals surface area contributed by atoms with E-state index in [1.54, 1.807) is 31.6 Å². The normalized spacial score (nSPS) is 9.81. The van der Waals surface area contributed by atoms with Gasteiger partial charge in [-0.25, -0.2) is 9.97 Å². The predicted molar refractivity (Wildman–Crippen MR) is 59.4 cm³/mol. The first kappa shape index (κ1) is 10.3. The van der Waals surface area contributed by atoms with Crippen molar-refractivity contribution in [2.75, 3.05) is 7.11 Å². The van der Waals surface area contributed by atoms with Gasteiger partial charge in [0.2, 0.25) is 5.88 Å². The molecule has 1 heterocycles. The molecule has 0 bridgehead atoms. The highest BCUT2D eigenvalue weighted by Gasteiger charge is 2.07. The van der Waals surface area contributed by atoms with Crippen LogP contribution in [0.3, 0.4) is 0 Å². The van der Waals surface area contributed by atoms with Crippen molar-refractivity contribution < 1.29 is 9.53 Å². The molecule has 16 heavy (non-hydrogen) atoms. The van der Waals surface area contributed by atoms with E-state index in [0.29, 0.717) is 17.1 Å². The van der Waals surface area contributed by atoms with Crippen molar-refractivity contribution in [3.05, 3.63) is 42.2 Å². The van der Waals surface area contributed by atoms with E-state index in [9.17, 15) is 4.79 Å². The zero-order valence-electron chi connectivity index (χ0n) is 8.75. The molecule has 1 aromatic carbocycles. The van der Waals surface area contributed by atoms with Crippen LogP contribution in [0.25, 0.3) is 11.3 Å². The first-order valence-corrected chi connectivity index (χ1v) is 4.76. The van der Waals surface area contributed by atoms with Gasteiger partial charge in [-0.3, -0.25) is 4.79 Å². The molecule has 2 aromatic rings. The predicted octanol–water partition coefficient (Wildman–Crippen LogP) is 1.96. The van der Waals surface area contributed by atoms with Crippen LogP contribution in [0, 0.1) is 0 Å². The van der Waals surface area contributed by atoms with E-state index in [4.69, 9.17) is 4.74 Å². The minimum atomic E-state index is 0.473. The molecule has 0 aliphatic rings. The Bertz CT molecular complexity index is 495. The molecule has 0 radical (unpaired) electrons. The van der Waals surface area contributed by atoms with Crippen LogP contribution in [-0.2, 0) is 0 Å². The summed E-state index contributed by atoms with van der Waals surface area (Å²) in [5.41, 5.74) is 2.17. The number of aromatic nitrogens is 2. The fraction of sp³-hybridized carbons (Fsp3) is 0.0833. The summed E-state index contributed by atoms with van der Waals surface area (Å²) in [6.45, 7) is 0. The summed E-state index contributed by atoms with van der Waals surface area (Å²) >= 11 is 0. The molecular weight excluding hydrogens is 204 g/mol. The van der Waals surface area contributed by atoms with E-state index >= 15 is 0 Å². The van der Waals surface area contributed by atoms with Gasteiger partial charge in [0, 0.05) is 23.5 Å². The lowest BCUT2D eigenvalue weighted by atomic mass is 10.1. The maximum absolute atomic E-state index is 10.5. The van der Waals surface area contributed by atoms with E-state index in [1.807, 2.05) is 12.1 Å². The summed E-state index contributed by atoms with van der Waals surface area (Å²) in [6.07, 6.45) is 3.98. The Morgan fingerprint density at radius 3 is 2.44 bits per heavy atom. The molecule has 0 aliphatic heterocycles. The number of carbonyl (C=O) groups is 1. The third-order valence-electron chi connectivity index (χ3n) is 2.18. The Hall–Kier alpha value is -2.23. The summed E-state index contributed by atoms with van der Waals surface area (Å²) in [5.74, 6) is 0.473. The molecule has 2 rings (SSSR count). The zero-order chi connectivity index (χ0) is 11.4. The average molecular weight is 214 g/mol. The highest BCUT2D eigenvalue weighted by atomic mass is 16.5. The Morgan fingerprint density at radius 1 is 1.12 bits per heavy atom. The van der Waals surface area contributed by atoms with Crippen molar-refractivity contribution in [2.24, 2.45) is 0 Å². The number of benzene rings is 1. The standard InChI is InChI=1S/C12H10N2O2/c1-16-12-11(13-6-7-14-12)10-4-2-9(8-15)3-5-10/h2-8H,1H3. The van der Waals surface area contributed by atoms with Crippen LogP contribution in [-0.4, -0.2) is 23.4 Å². The fourth-order valence-corrected chi connectivity index (χ4v) is 1.39. The van der Waals surface area contributed by atoms with Crippen molar-refractivity contribution in [3.8, 4) is 17.1 Å². The summed E-state index contributed by atoms with van der Waals surface area (Å²) in [4.78, 5) is 18.8. The smallest absolute Gasteiger partial charge is 0.240 e. The minimum Gasteiger partial charge on any atom is -0.479 e. The van der Waals surface area contributed by atoms with Gasteiger partial charge >= 0.3 is 0 Å². The summed E-state index contributed by atoms with van der Waals surface area (Å²) < 4.78 is 5.11. The lowest BCUT2D eigenvalue weighted by molar-refractivity contribution is 0.112. The molecule has 0 N–H and O–H groups in total. The number of rotatable bonds is 3. The van der Waals surface area contributed by atoms with Gasteiger partial charge in [-0.15, -0.1) is 0 Å². The summed E-state index contributed by atoms with van der Waals surface area (Å²) in [6, 6.07) is 7.10. The first-order valence-electron chi connectivity index (χ1n) is 4.76. The van der Waals surface area contributed by atoms with Crippen LogP contribution in [0.15, 0.2) is 36.7 Å². The molecule has 80 valence electrons. The van der Waals surface area contributed by atoms with E-state index in [2.05, 4.69) is 9.97 Å². The van der Waals surface area contributed by atoms with E-state index in [-0.39, 0.29) is 0 Å². The minimum absolute atomic E-state index is 0.473. The number of hydrogen-bond donors (Lipinski definition) is 0. The van der Waals surface area contributed by atoms with Gasteiger partial charge in [0.15, 0.2) is 0 Å². The number of hydrogen-bond acceptors (Lipinski definition) is 4. The van der Waals surface area contributed by atoms with E-state index in [0.717, 1.165) is 11.8 Å². The largest absolute Gasteiger partial charge is 0.479 e. The lowest BCUT2D eigenvalue weighted by Gasteiger charge is -2.05. The fourth-order valence-electron chi connectivity index (χ4n) is 1.39. The van der Waals surface area contributed by atoms with Crippen LogP contribution >= 0.6 is 0 Å². The Morgan fingerprint density at radius 2 is 1.81 bits per heavy atom. The second-order valence-electron chi connectivity index (χ2n) is 3.15. The van der Waals surface area contributed by atoms with Crippen molar-refractivity contribution in [2.45, 2.75) is 0 Å². The third kappa shape index (κ3) is 1.91. The SMILES string of the molecule is COc1nccnc1-c1ccc(C=O)cc1. The molecule has 0 spiro atoms. The number of carbonyl (C=O) groups excluding carboxylic acids is 1. The quantitative estimate of drug-likeness (QED) is 0.733. The average Bonchev–Trinajstić information content (AvgIpc) is 2.39. The lowest BCUT2D eigenvalue weighted by Crippen LogP contribution is -1.93. The van der Waals surface area contributed by atoms with Crippen LogP contribution in [0.2, 0.25) is 0 Å². The van der Waals surface area contributed by atoms with E-state index in [1.165, 1.54) is 0 Å². The summed E-state index contributed by atoms with van der Waals surface area (Å²) in [5, 5.41) is 0. The van der Waals surface area contributed by atoms with Crippen LogP contribution < -0.4 is 4.74 Å². The van der Waals surface area contributed by atoms with Gasteiger partial charge in [-0.1, -0.05) is 24.3 Å². The molecule has 0 saturated heterocycles. The van der Waals surface area contributed by atoms with Gasteiger partial charge < -0.3 is 4.74 Å². The molecule has 0 saturated carbocycles. The number of aldehydes is 1. The second-order valence-corrected chi connectivity index (χ2v) is 3.15. The van der Waals surface area contributed by atoms with Crippen LogP contribution in [0.1, 0.15) is 10.4 Å². The molecular formula is C12H10N2O2. The van der Waals surface area contributed by atoms with E-state index < -0.39 is 0 Å². The Kier molecular flexibility index (Phi) is 2.91. The highest BCUT2D eigenvalue weighted by Crippen LogP contribution is 2.24.